The van der Waals surface area contributed by atoms with E-state index < -0.39 is 0 Å². The molecule has 1 aromatic heterocycles. The lowest BCUT2D eigenvalue weighted by Crippen LogP contribution is -2.32. The monoisotopic (exact) mass is 408 g/mol. The molecule has 1 heterocycles. The van der Waals surface area contributed by atoms with E-state index >= 15 is 0 Å². The smallest absolute Gasteiger partial charge is 0.275 e. The molecule has 0 radical (unpaired) electrons. The van der Waals surface area contributed by atoms with Crippen molar-refractivity contribution in [1.29, 1.82) is 5.26 Å². The van der Waals surface area contributed by atoms with E-state index in [0.717, 1.165) is 33.3 Å². The second-order valence-electron chi connectivity index (χ2n) is 7.99. The van der Waals surface area contributed by atoms with Gasteiger partial charge in [-0.1, -0.05) is 48.0 Å². The quantitative estimate of drug-likeness (QED) is 0.483. The van der Waals surface area contributed by atoms with Crippen LogP contribution in [0.15, 0.2) is 71.5 Å². The highest BCUT2D eigenvalue weighted by Crippen LogP contribution is 2.28. The van der Waals surface area contributed by atoms with Crippen LogP contribution in [0.4, 0.5) is 0 Å². The second kappa shape index (κ2) is 8.55. The van der Waals surface area contributed by atoms with Gasteiger partial charge in [0.1, 0.15) is 0 Å². The highest BCUT2D eigenvalue weighted by Gasteiger charge is 2.15. The first-order valence-electron chi connectivity index (χ1n) is 10.2. The fraction of sp³-hybridized carbons (Fsp3) is 0.192. The lowest BCUT2D eigenvalue weighted by atomic mass is 9.99. The molecule has 0 bridgehead atoms. The zero-order chi connectivity index (χ0) is 22.0. The average Bonchev–Trinajstić information content (AvgIpc) is 2.77. The van der Waals surface area contributed by atoms with E-state index in [1.165, 1.54) is 4.68 Å². The Morgan fingerprint density at radius 1 is 1.00 bits per heavy atom. The molecular weight excluding hydrogens is 384 g/mol. The predicted octanol–water partition coefficient (Wildman–Crippen LogP) is 4.64. The molecule has 0 spiro atoms. The minimum atomic E-state index is -0.109. The van der Waals surface area contributed by atoms with Crippen LogP contribution in [0.5, 0.6) is 0 Å². The summed E-state index contributed by atoms with van der Waals surface area (Å²) in [5.41, 5.74) is 5.66. The number of nitrogens with zero attached hydrogens (tertiary/aromatic N) is 4. The molecule has 154 valence electrons. The summed E-state index contributed by atoms with van der Waals surface area (Å²) in [6.07, 6.45) is 0. The number of hydrogen-bond acceptors (Lipinski definition) is 4. The first-order chi connectivity index (χ1) is 15.0. The van der Waals surface area contributed by atoms with Gasteiger partial charge >= 0.3 is 0 Å². The van der Waals surface area contributed by atoms with Crippen molar-refractivity contribution in [2.24, 2.45) is 0 Å². The molecule has 3 aromatic carbocycles. The van der Waals surface area contributed by atoms with Gasteiger partial charge in [0.15, 0.2) is 0 Å². The SMILES string of the molecule is Cc1ccc(C)c(-c2nn(CN(C)Cc3cccc(C#N)c3)c(=O)c3ccccc23)c1. The van der Waals surface area contributed by atoms with E-state index in [2.05, 4.69) is 38.1 Å². The summed E-state index contributed by atoms with van der Waals surface area (Å²) >= 11 is 0. The standard InChI is InChI=1S/C26H24N4O/c1-18-11-12-19(2)24(13-18)25-22-9-4-5-10-23(22)26(31)30(28-25)17-29(3)16-21-8-6-7-20(14-21)15-27/h4-14H,16-17H2,1-3H3. The molecule has 0 fully saturated rings. The van der Waals surface area contributed by atoms with Crippen molar-refractivity contribution >= 4 is 10.8 Å². The molecular formula is C26H24N4O. The highest BCUT2D eigenvalue weighted by atomic mass is 16.1. The van der Waals surface area contributed by atoms with Crippen LogP contribution in [0.2, 0.25) is 0 Å². The fourth-order valence-corrected chi connectivity index (χ4v) is 3.85. The lowest BCUT2D eigenvalue weighted by molar-refractivity contribution is 0.241. The first kappa shape index (κ1) is 20.5. The molecule has 0 aliphatic rings. The molecule has 5 nitrogen and oxygen atoms in total. The van der Waals surface area contributed by atoms with Crippen LogP contribution in [0.25, 0.3) is 22.0 Å². The van der Waals surface area contributed by atoms with Crippen molar-refractivity contribution < 1.29 is 0 Å². The predicted molar refractivity (Wildman–Crippen MR) is 124 cm³/mol. The highest BCUT2D eigenvalue weighted by molar-refractivity contribution is 5.94. The number of hydrogen-bond donors (Lipinski definition) is 0. The average molecular weight is 409 g/mol. The number of fused-ring (bicyclic) bond motifs is 1. The van der Waals surface area contributed by atoms with Gasteiger partial charge in [0.05, 0.1) is 29.4 Å². The van der Waals surface area contributed by atoms with Crippen LogP contribution in [-0.2, 0) is 13.2 Å². The maximum absolute atomic E-state index is 13.2. The van der Waals surface area contributed by atoms with Gasteiger partial charge in [0.25, 0.3) is 5.56 Å². The Morgan fingerprint density at radius 2 is 1.77 bits per heavy atom. The minimum absolute atomic E-state index is 0.109. The molecule has 31 heavy (non-hydrogen) atoms. The van der Waals surface area contributed by atoms with Crippen molar-refractivity contribution in [3.8, 4) is 17.3 Å². The molecule has 4 rings (SSSR count). The summed E-state index contributed by atoms with van der Waals surface area (Å²) in [4.78, 5) is 15.2. The summed E-state index contributed by atoms with van der Waals surface area (Å²) < 4.78 is 1.54. The molecule has 4 aromatic rings. The van der Waals surface area contributed by atoms with Crippen molar-refractivity contribution in [2.45, 2.75) is 27.1 Å². The largest absolute Gasteiger partial charge is 0.283 e. The van der Waals surface area contributed by atoms with Gasteiger partial charge in [-0.05, 0) is 56.3 Å². The van der Waals surface area contributed by atoms with E-state index in [1.54, 1.807) is 6.07 Å². The van der Waals surface area contributed by atoms with E-state index in [4.69, 9.17) is 10.4 Å². The van der Waals surface area contributed by atoms with Crippen LogP contribution >= 0.6 is 0 Å². The molecule has 0 aliphatic carbocycles. The summed E-state index contributed by atoms with van der Waals surface area (Å²) in [5, 5.41) is 15.5. The summed E-state index contributed by atoms with van der Waals surface area (Å²) in [5.74, 6) is 0. The second-order valence-corrected chi connectivity index (χ2v) is 7.99. The number of nitriles is 1. The Kier molecular flexibility index (Phi) is 5.66. The molecule has 5 heteroatoms. The van der Waals surface area contributed by atoms with Crippen LogP contribution in [0.3, 0.4) is 0 Å². The fourth-order valence-electron chi connectivity index (χ4n) is 3.85. The number of aromatic nitrogens is 2. The zero-order valence-electron chi connectivity index (χ0n) is 18.0. The number of rotatable bonds is 5. The van der Waals surface area contributed by atoms with Crippen LogP contribution in [0, 0.1) is 25.2 Å². The normalized spacial score (nSPS) is 11.1. The Balaban J connectivity index is 1.76. The molecule has 0 unspecified atom stereocenters. The van der Waals surface area contributed by atoms with Gasteiger partial charge in [-0.15, -0.1) is 0 Å². The number of benzene rings is 3. The minimum Gasteiger partial charge on any atom is -0.283 e. The van der Waals surface area contributed by atoms with Crippen LogP contribution in [0.1, 0.15) is 22.3 Å². The van der Waals surface area contributed by atoms with Crippen molar-refractivity contribution in [1.82, 2.24) is 14.7 Å². The molecule has 0 atom stereocenters. The van der Waals surface area contributed by atoms with Crippen LogP contribution in [-0.4, -0.2) is 21.7 Å². The molecule has 0 saturated carbocycles. The molecule has 0 amide bonds. The van der Waals surface area contributed by atoms with Gasteiger partial charge in [-0.25, -0.2) is 4.68 Å². The first-order valence-corrected chi connectivity index (χ1v) is 10.2. The maximum atomic E-state index is 13.2. The summed E-state index contributed by atoms with van der Waals surface area (Å²) in [6.45, 7) is 5.08. The number of aryl methyl sites for hydroxylation is 2. The van der Waals surface area contributed by atoms with Crippen molar-refractivity contribution in [2.75, 3.05) is 7.05 Å². The maximum Gasteiger partial charge on any atom is 0.275 e. The summed E-state index contributed by atoms with van der Waals surface area (Å²) in [6, 6.07) is 23.6. The van der Waals surface area contributed by atoms with Gasteiger partial charge in [-0.2, -0.15) is 10.4 Å². The Hall–Kier alpha value is -3.75. The summed E-state index contributed by atoms with van der Waals surface area (Å²) in [7, 11) is 1.94. The lowest BCUT2D eigenvalue weighted by Gasteiger charge is -2.19. The third-order valence-corrected chi connectivity index (χ3v) is 5.40. The van der Waals surface area contributed by atoms with Crippen LogP contribution < -0.4 is 5.56 Å². The van der Waals surface area contributed by atoms with Crippen molar-refractivity contribution in [3.63, 3.8) is 0 Å². The van der Waals surface area contributed by atoms with Crippen molar-refractivity contribution in [3.05, 3.63) is 99.3 Å². The van der Waals surface area contributed by atoms with Gasteiger partial charge < -0.3 is 0 Å². The Labute approximate surface area is 181 Å². The van der Waals surface area contributed by atoms with E-state index in [1.807, 2.05) is 54.4 Å². The van der Waals surface area contributed by atoms with E-state index in [9.17, 15) is 4.79 Å². The third kappa shape index (κ3) is 4.25. The van der Waals surface area contributed by atoms with Gasteiger partial charge in [-0.3, -0.25) is 9.69 Å². The van der Waals surface area contributed by atoms with E-state index in [-0.39, 0.29) is 5.56 Å². The van der Waals surface area contributed by atoms with E-state index in [0.29, 0.717) is 24.2 Å². The molecule has 0 aliphatic heterocycles. The molecule has 0 N–H and O–H groups in total. The Morgan fingerprint density at radius 3 is 2.55 bits per heavy atom. The van der Waals surface area contributed by atoms with Gasteiger partial charge in [0.2, 0.25) is 0 Å². The zero-order valence-corrected chi connectivity index (χ0v) is 18.0. The topological polar surface area (TPSA) is 61.9 Å². The Bertz CT molecular complexity index is 1360. The third-order valence-electron chi connectivity index (χ3n) is 5.40. The van der Waals surface area contributed by atoms with Gasteiger partial charge in [0, 0.05) is 17.5 Å². The molecule has 0 saturated heterocycles.